The van der Waals surface area contributed by atoms with Crippen LogP contribution in [0.25, 0.3) is 0 Å². The highest BCUT2D eigenvalue weighted by Crippen LogP contribution is 2.58. The Morgan fingerprint density at radius 3 is 3.04 bits per heavy atom. The topological polar surface area (TPSA) is 105 Å². The zero-order valence-corrected chi connectivity index (χ0v) is 14.5. The molecule has 4 aliphatic rings. The van der Waals surface area contributed by atoms with Crippen LogP contribution in [0.15, 0.2) is 18.2 Å². The highest BCUT2D eigenvalue weighted by atomic mass is 16.5. The summed E-state index contributed by atoms with van der Waals surface area (Å²) in [6.07, 6.45) is 6.17. The van der Waals surface area contributed by atoms with E-state index in [9.17, 15) is 0 Å². The van der Waals surface area contributed by atoms with Gasteiger partial charge in [0.05, 0.1) is 12.5 Å². The first-order valence-corrected chi connectivity index (χ1v) is 8.71. The van der Waals surface area contributed by atoms with E-state index < -0.39 is 0 Å². The SMILES string of the molecule is COc1cc(C)c2c3c1OC1CC4(C=CC31CCNC2)NN4C(=N)N. The van der Waals surface area contributed by atoms with Crippen molar-refractivity contribution in [2.75, 3.05) is 13.7 Å². The van der Waals surface area contributed by atoms with Crippen molar-refractivity contribution >= 4 is 5.96 Å². The van der Waals surface area contributed by atoms with Gasteiger partial charge in [0.2, 0.25) is 5.96 Å². The number of rotatable bonds is 1. The molecule has 132 valence electrons. The van der Waals surface area contributed by atoms with E-state index in [0.29, 0.717) is 0 Å². The summed E-state index contributed by atoms with van der Waals surface area (Å²) in [5.74, 6) is 1.72. The average molecular weight is 341 g/mol. The first kappa shape index (κ1) is 15.0. The fourth-order valence-corrected chi connectivity index (χ4v) is 4.83. The van der Waals surface area contributed by atoms with Crippen LogP contribution in [0.3, 0.4) is 0 Å². The van der Waals surface area contributed by atoms with Gasteiger partial charge in [-0.15, -0.1) is 0 Å². The van der Waals surface area contributed by atoms with Crippen molar-refractivity contribution < 1.29 is 9.47 Å². The van der Waals surface area contributed by atoms with E-state index in [-0.39, 0.29) is 23.1 Å². The van der Waals surface area contributed by atoms with Crippen LogP contribution in [0, 0.1) is 12.3 Å². The molecule has 7 nitrogen and oxygen atoms in total. The molecule has 1 fully saturated rings. The summed E-state index contributed by atoms with van der Waals surface area (Å²) in [5.41, 5.74) is 12.2. The number of methoxy groups -OCH3 is 1. The van der Waals surface area contributed by atoms with E-state index >= 15 is 0 Å². The second-order valence-electron chi connectivity index (χ2n) is 7.45. The molecule has 3 unspecified atom stereocenters. The molecule has 1 aromatic carbocycles. The fraction of sp³-hybridized carbons (Fsp3) is 0.500. The second kappa shape index (κ2) is 4.68. The van der Waals surface area contributed by atoms with Gasteiger partial charge in [0, 0.05) is 18.5 Å². The summed E-state index contributed by atoms with van der Waals surface area (Å²) in [4.78, 5) is 0. The predicted molar refractivity (Wildman–Crippen MR) is 93.5 cm³/mol. The molecule has 3 aliphatic heterocycles. The normalized spacial score (nSPS) is 34.2. The lowest BCUT2D eigenvalue weighted by molar-refractivity contribution is 0.131. The van der Waals surface area contributed by atoms with Gasteiger partial charge in [0.15, 0.2) is 11.5 Å². The summed E-state index contributed by atoms with van der Waals surface area (Å²) in [5, 5.41) is 12.9. The third kappa shape index (κ3) is 1.79. The monoisotopic (exact) mass is 341 g/mol. The van der Waals surface area contributed by atoms with Crippen molar-refractivity contribution in [3.8, 4) is 11.5 Å². The van der Waals surface area contributed by atoms with Crippen molar-refractivity contribution in [3.63, 3.8) is 0 Å². The van der Waals surface area contributed by atoms with Gasteiger partial charge in [-0.3, -0.25) is 10.4 Å². The lowest BCUT2D eigenvalue weighted by atomic mass is 9.67. The number of guanidine groups is 1. The number of hydrogen-bond donors (Lipinski definition) is 4. The van der Waals surface area contributed by atoms with Crippen molar-refractivity contribution in [2.45, 2.75) is 43.5 Å². The Bertz CT molecular complexity index is 822. The summed E-state index contributed by atoms with van der Waals surface area (Å²) < 4.78 is 12.1. The van der Waals surface area contributed by atoms with Crippen LogP contribution in [0.2, 0.25) is 0 Å². The molecule has 2 spiro atoms. The maximum Gasteiger partial charge on any atom is 0.205 e. The van der Waals surface area contributed by atoms with E-state index in [2.05, 4.69) is 35.9 Å². The van der Waals surface area contributed by atoms with Crippen LogP contribution in [0.1, 0.15) is 29.5 Å². The van der Waals surface area contributed by atoms with E-state index in [4.69, 9.17) is 20.6 Å². The summed E-state index contributed by atoms with van der Waals surface area (Å²) >= 11 is 0. The van der Waals surface area contributed by atoms with Crippen LogP contribution < -0.4 is 25.9 Å². The molecule has 1 saturated heterocycles. The molecular weight excluding hydrogens is 318 g/mol. The smallest absolute Gasteiger partial charge is 0.205 e. The number of ether oxygens (including phenoxy) is 2. The molecule has 5 rings (SSSR count). The maximum atomic E-state index is 7.69. The van der Waals surface area contributed by atoms with E-state index in [0.717, 1.165) is 37.4 Å². The van der Waals surface area contributed by atoms with Gasteiger partial charge in [-0.2, -0.15) is 5.43 Å². The first-order chi connectivity index (χ1) is 12.0. The summed E-state index contributed by atoms with van der Waals surface area (Å²) in [7, 11) is 1.70. The minimum absolute atomic E-state index is 0.00120. The molecule has 0 radical (unpaired) electrons. The molecule has 25 heavy (non-hydrogen) atoms. The number of hydrazine groups is 1. The number of nitrogens with one attached hydrogen (secondary N) is 3. The number of nitrogens with two attached hydrogens (primary N) is 1. The molecule has 0 aromatic heterocycles. The Kier molecular flexibility index (Phi) is 2.81. The Hall–Kier alpha value is -2.25. The summed E-state index contributed by atoms with van der Waals surface area (Å²) in [6, 6.07) is 2.07. The first-order valence-electron chi connectivity index (χ1n) is 8.71. The lowest BCUT2D eigenvalue weighted by Gasteiger charge is -2.36. The number of aryl methyl sites for hydroxylation is 1. The standard InChI is InChI=1S/C18H23N5O2/c1-10-7-12(24-2)15-14-11(10)9-21-6-5-17(14)3-4-18(8-13(17)25-15)22-23(18)16(19)20/h3-4,7,13,21-22H,5-6,8-9H2,1-2H3,(H3,19,20). The minimum atomic E-state index is -0.383. The third-order valence-corrected chi connectivity index (χ3v) is 6.16. The van der Waals surface area contributed by atoms with Crippen LogP contribution >= 0.6 is 0 Å². The van der Waals surface area contributed by atoms with Gasteiger partial charge < -0.3 is 20.5 Å². The van der Waals surface area contributed by atoms with Crippen molar-refractivity contribution in [2.24, 2.45) is 5.73 Å². The average Bonchev–Trinajstić information content (AvgIpc) is 3.24. The van der Waals surface area contributed by atoms with Crippen LogP contribution in [0.5, 0.6) is 11.5 Å². The molecule has 3 heterocycles. The van der Waals surface area contributed by atoms with Gasteiger partial charge in [0.25, 0.3) is 0 Å². The highest BCUT2D eigenvalue weighted by Gasteiger charge is 2.62. The van der Waals surface area contributed by atoms with Crippen molar-refractivity contribution in [1.82, 2.24) is 15.8 Å². The van der Waals surface area contributed by atoms with Crippen molar-refractivity contribution in [1.29, 1.82) is 5.41 Å². The second-order valence-corrected chi connectivity index (χ2v) is 7.45. The largest absolute Gasteiger partial charge is 0.493 e. The number of benzene rings is 1. The zero-order chi connectivity index (χ0) is 17.4. The van der Waals surface area contributed by atoms with E-state index in [1.165, 1.54) is 16.7 Å². The summed E-state index contributed by atoms with van der Waals surface area (Å²) in [6.45, 7) is 3.93. The van der Waals surface area contributed by atoms with Crippen molar-refractivity contribution in [3.05, 3.63) is 34.9 Å². The molecule has 7 heteroatoms. The quantitative estimate of drug-likeness (QED) is 0.261. The number of nitrogens with zero attached hydrogens (tertiary/aromatic N) is 1. The predicted octanol–water partition coefficient (Wildman–Crippen LogP) is 0.866. The number of hydrogen-bond acceptors (Lipinski definition) is 5. The molecule has 0 bridgehead atoms. The van der Waals surface area contributed by atoms with Gasteiger partial charge in [0.1, 0.15) is 11.8 Å². The fourth-order valence-electron chi connectivity index (χ4n) is 4.83. The van der Waals surface area contributed by atoms with Crippen LogP contribution in [-0.2, 0) is 12.0 Å². The van der Waals surface area contributed by atoms with Crippen LogP contribution in [0.4, 0.5) is 0 Å². The molecule has 0 amide bonds. The van der Waals surface area contributed by atoms with E-state index in [1.807, 2.05) is 0 Å². The Balaban J connectivity index is 1.67. The zero-order valence-electron chi connectivity index (χ0n) is 14.5. The molecule has 5 N–H and O–H groups in total. The maximum absolute atomic E-state index is 7.69. The highest BCUT2D eigenvalue weighted by molar-refractivity contribution is 5.78. The van der Waals surface area contributed by atoms with Gasteiger partial charge >= 0.3 is 0 Å². The molecule has 1 aliphatic carbocycles. The Morgan fingerprint density at radius 1 is 1.48 bits per heavy atom. The molecular formula is C18H23N5O2. The van der Waals surface area contributed by atoms with Crippen LogP contribution in [-0.4, -0.2) is 36.4 Å². The van der Waals surface area contributed by atoms with Gasteiger partial charge in [-0.05, 0) is 43.2 Å². The van der Waals surface area contributed by atoms with Gasteiger partial charge in [-0.25, -0.2) is 0 Å². The molecule has 3 atom stereocenters. The Morgan fingerprint density at radius 2 is 2.32 bits per heavy atom. The third-order valence-electron chi connectivity index (χ3n) is 6.16. The minimum Gasteiger partial charge on any atom is -0.493 e. The van der Waals surface area contributed by atoms with Gasteiger partial charge in [-0.1, -0.05) is 6.08 Å². The molecule has 1 aromatic rings. The lowest BCUT2D eigenvalue weighted by Crippen LogP contribution is -2.46. The Labute approximate surface area is 146 Å². The van der Waals surface area contributed by atoms with E-state index in [1.54, 1.807) is 12.1 Å². The molecule has 0 saturated carbocycles.